The van der Waals surface area contributed by atoms with Crippen LogP contribution in [-0.4, -0.2) is 54.0 Å². The first-order valence-corrected chi connectivity index (χ1v) is 10.0. The fraction of sp³-hybridized carbons (Fsp3) is 0.500. The third-order valence-electron chi connectivity index (χ3n) is 5.15. The highest BCUT2D eigenvalue weighted by Crippen LogP contribution is 2.40. The number of nitrogens with zero attached hydrogens (tertiary/aromatic N) is 4. The number of likely N-dealkylation sites (tertiary alicyclic amines) is 1. The third kappa shape index (κ3) is 3.46. The van der Waals surface area contributed by atoms with E-state index in [2.05, 4.69) is 14.8 Å². The van der Waals surface area contributed by atoms with E-state index in [-0.39, 0.29) is 17.5 Å². The van der Waals surface area contributed by atoms with E-state index in [9.17, 15) is 4.39 Å². The summed E-state index contributed by atoms with van der Waals surface area (Å²) in [6.07, 6.45) is 5.27. The molecule has 1 aromatic carbocycles. The van der Waals surface area contributed by atoms with E-state index in [1.807, 2.05) is 4.90 Å². The van der Waals surface area contributed by atoms with Crippen LogP contribution in [0, 0.1) is 5.82 Å². The van der Waals surface area contributed by atoms with Crippen molar-refractivity contribution in [3.05, 3.63) is 40.8 Å². The lowest BCUT2D eigenvalue weighted by atomic mass is 10.1. The van der Waals surface area contributed by atoms with E-state index >= 15 is 0 Å². The Kier molecular flexibility index (Phi) is 5.17. The maximum Gasteiger partial charge on any atom is 0.145 e. The summed E-state index contributed by atoms with van der Waals surface area (Å²) < 4.78 is 13.2. The van der Waals surface area contributed by atoms with Gasteiger partial charge in [0.1, 0.15) is 23.3 Å². The number of nitrogens with two attached hydrogens (primary N) is 2. The van der Waals surface area contributed by atoms with Gasteiger partial charge in [0.15, 0.2) is 0 Å². The molecular formula is C18H25FN6S. The Morgan fingerprint density at radius 2 is 1.81 bits per heavy atom. The van der Waals surface area contributed by atoms with Gasteiger partial charge in [0, 0.05) is 18.8 Å². The molecular weight excluding hydrogens is 351 g/mol. The van der Waals surface area contributed by atoms with Gasteiger partial charge in [0.05, 0.1) is 11.2 Å². The zero-order valence-corrected chi connectivity index (χ0v) is 15.5. The Labute approximate surface area is 157 Å². The summed E-state index contributed by atoms with van der Waals surface area (Å²) >= 11 is 1.56. The van der Waals surface area contributed by atoms with Crippen LogP contribution in [0.3, 0.4) is 0 Å². The van der Waals surface area contributed by atoms with Crippen molar-refractivity contribution < 1.29 is 4.39 Å². The Balaban J connectivity index is 1.46. The van der Waals surface area contributed by atoms with Crippen molar-refractivity contribution in [1.82, 2.24) is 9.80 Å². The number of rotatable bonds is 4. The standard InChI is InChI=1S/C18H25FN6S/c19-13-4-6-14(7-5-13)25-12-22-17-15(16(25)20)26-18(21)24(17)11-10-23-8-2-1-3-9-23/h4-7,12,16,18H,1-3,8-11,20-21H2. The predicted octanol–water partition coefficient (Wildman–Crippen LogP) is 1.90. The van der Waals surface area contributed by atoms with Crippen molar-refractivity contribution in [2.75, 3.05) is 31.1 Å². The molecule has 1 saturated heterocycles. The molecule has 26 heavy (non-hydrogen) atoms. The highest BCUT2D eigenvalue weighted by Gasteiger charge is 2.37. The molecule has 0 aliphatic carbocycles. The van der Waals surface area contributed by atoms with Crippen LogP contribution >= 0.6 is 11.8 Å². The molecule has 1 aromatic rings. The molecule has 4 rings (SSSR count). The molecule has 3 aliphatic heterocycles. The maximum atomic E-state index is 13.2. The van der Waals surface area contributed by atoms with Crippen molar-refractivity contribution in [2.45, 2.75) is 30.9 Å². The van der Waals surface area contributed by atoms with Gasteiger partial charge in [-0.25, -0.2) is 9.38 Å². The van der Waals surface area contributed by atoms with E-state index in [1.54, 1.807) is 30.2 Å². The van der Waals surface area contributed by atoms with E-state index < -0.39 is 0 Å². The number of thioether (sulfide) groups is 1. The van der Waals surface area contributed by atoms with E-state index in [4.69, 9.17) is 11.5 Å². The highest BCUT2D eigenvalue weighted by molar-refractivity contribution is 8.03. The van der Waals surface area contributed by atoms with Crippen molar-refractivity contribution in [1.29, 1.82) is 0 Å². The number of anilines is 1. The Morgan fingerprint density at radius 3 is 2.54 bits per heavy atom. The van der Waals surface area contributed by atoms with Gasteiger partial charge >= 0.3 is 0 Å². The number of benzene rings is 1. The number of piperidine rings is 1. The Hall–Kier alpha value is -1.61. The maximum absolute atomic E-state index is 13.2. The smallest absolute Gasteiger partial charge is 0.145 e. The molecule has 140 valence electrons. The van der Waals surface area contributed by atoms with Gasteiger partial charge in [-0.15, -0.1) is 0 Å². The SMILES string of the molecule is NC1SC2=C(N=CN(c3ccc(F)cc3)C2N)N1CCN1CCCCC1. The molecule has 0 bridgehead atoms. The van der Waals surface area contributed by atoms with Gasteiger partial charge in [0.25, 0.3) is 0 Å². The van der Waals surface area contributed by atoms with Crippen molar-refractivity contribution in [3.63, 3.8) is 0 Å². The first-order valence-electron chi connectivity index (χ1n) is 9.12. The van der Waals surface area contributed by atoms with E-state index in [0.717, 1.165) is 29.5 Å². The topological polar surface area (TPSA) is 74.1 Å². The molecule has 0 spiro atoms. The monoisotopic (exact) mass is 376 g/mol. The average Bonchev–Trinajstić information content (AvgIpc) is 2.98. The molecule has 2 atom stereocenters. The lowest BCUT2D eigenvalue weighted by molar-refractivity contribution is 0.196. The molecule has 2 unspecified atom stereocenters. The first kappa shape index (κ1) is 17.8. The van der Waals surface area contributed by atoms with Crippen molar-refractivity contribution in [3.8, 4) is 0 Å². The summed E-state index contributed by atoms with van der Waals surface area (Å²) in [7, 11) is 0. The average molecular weight is 377 g/mol. The highest BCUT2D eigenvalue weighted by atomic mass is 32.2. The van der Waals surface area contributed by atoms with Crippen LogP contribution in [0.15, 0.2) is 40.0 Å². The molecule has 0 aromatic heterocycles. The second kappa shape index (κ2) is 7.56. The van der Waals surface area contributed by atoms with Gasteiger partial charge in [-0.2, -0.15) is 0 Å². The van der Waals surface area contributed by atoms with E-state index in [0.29, 0.717) is 0 Å². The quantitative estimate of drug-likeness (QED) is 0.836. The fourth-order valence-corrected chi connectivity index (χ4v) is 4.79. The molecule has 3 heterocycles. The van der Waals surface area contributed by atoms with Gasteiger partial charge in [-0.05, 0) is 50.2 Å². The van der Waals surface area contributed by atoms with Crippen molar-refractivity contribution in [2.24, 2.45) is 16.5 Å². The van der Waals surface area contributed by atoms with Crippen molar-refractivity contribution >= 4 is 23.8 Å². The Bertz CT molecular complexity index is 700. The minimum atomic E-state index is -0.357. The predicted molar refractivity (Wildman–Crippen MR) is 105 cm³/mol. The summed E-state index contributed by atoms with van der Waals surface area (Å²) in [5.74, 6) is 0.614. The summed E-state index contributed by atoms with van der Waals surface area (Å²) in [5, 5.41) is 0. The fourth-order valence-electron chi connectivity index (χ4n) is 3.67. The molecule has 6 nitrogen and oxygen atoms in total. The zero-order valence-electron chi connectivity index (χ0n) is 14.7. The van der Waals surface area contributed by atoms with Crippen LogP contribution in [0.2, 0.25) is 0 Å². The van der Waals surface area contributed by atoms with E-state index in [1.165, 1.54) is 44.5 Å². The van der Waals surface area contributed by atoms with Crippen LogP contribution in [0.5, 0.6) is 0 Å². The lowest BCUT2D eigenvalue weighted by Gasteiger charge is -2.32. The van der Waals surface area contributed by atoms with Crippen LogP contribution in [0.4, 0.5) is 10.1 Å². The molecule has 1 fully saturated rings. The lowest BCUT2D eigenvalue weighted by Crippen LogP contribution is -2.45. The van der Waals surface area contributed by atoms with Gasteiger partial charge in [-0.1, -0.05) is 18.2 Å². The minimum absolute atomic E-state index is 0.166. The summed E-state index contributed by atoms with van der Waals surface area (Å²) in [6.45, 7) is 4.19. The first-order chi connectivity index (χ1) is 12.6. The van der Waals surface area contributed by atoms with Crippen LogP contribution < -0.4 is 16.4 Å². The second-order valence-electron chi connectivity index (χ2n) is 6.87. The Morgan fingerprint density at radius 1 is 1.08 bits per heavy atom. The zero-order chi connectivity index (χ0) is 18.1. The number of aliphatic imine (C=N–C) groups is 1. The second-order valence-corrected chi connectivity index (χ2v) is 8.02. The van der Waals surface area contributed by atoms with Gasteiger partial charge < -0.3 is 26.2 Å². The largest absolute Gasteiger partial charge is 0.330 e. The normalized spacial score (nSPS) is 26.6. The third-order valence-corrected chi connectivity index (χ3v) is 6.32. The molecule has 0 radical (unpaired) electrons. The summed E-state index contributed by atoms with van der Waals surface area (Å²) in [4.78, 5) is 12.1. The molecule has 0 amide bonds. The van der Waals surface area contributed by atoms with Crippen LogP contribution in [-0.2, 0) is 0 Å². The minimum Gasteiger partial charge on any atom is -0.330 e. The number of halogens is 1. The van der Waals surface area contributed by atoms with Gasteiger partial charge in [-0.3, -0.25) is 0 Å². The molecule has 0 saturated carbocycles. The van der Waals surface area contributed by atoms with Gasteiger partial charge in [0.2, 0.25) is 0 Å². The van der Waals surface area contributed by atoms with Crippen LogP contribution in [0.1, 0.15) is 19.3 Å². The van der Waals surface area contributed by atoms with Crippen LogP contribution in [0.25, 0.3) is 0 Å². The number of hydrogen-bond acceptors (Lipinski definition) is 7. The molecule has 8 heteroatoms. The molecule has 3 aliphatic rings. The molecule has 4 N–H and O–H groups in total. The number of hydrogen-bond donors (Lipinski definition) is 2. The summed E-state index contributed by atoms with van der Waals surface area (Å²) in [6, 6.07) is 6.28. The summed E-state index contributed by atoms with van der Waals surface area (Å²) in [5.41, 5.74) is 13.5.